The SMILES string of the molecule is NC1=NCC2(CCCCC2)N1c1nc(Cl)ncc1[N+](=O)[O-]. The van der Waals surface area contributed by atoms with Gasteiger partial charge in [0.2, 0.25) is 11.1 Å². The van der Waals surface area contributed by atoms with Gasteiger partial charge in [-0.2, -0.15) is 4.98 Å². The van der Waals surface area contributed by atoms with E-state index in [2.05, 4.69) is 15.0 Å². The standard InChI is InChI=1S/C12H15ClN6O2/c13-10-15-6-8(19(20)21)9(17-10)18-11(14)16-7-12(18)4-2-1-3-5-12/h6H,1-5,7H2,(H2,14,16). The van der Waals surface area contributed by atoms with Gasteiger partial charge >= 0.3 is 5.69 Å². The summed E-state index contributed by atoms with van der Waals surface area (Å²) >= 11 is 5.82. The van der Waals surface area contributed by atoms with E-state index in [4.69, 9.17) is 17.3 Å². The fourth-order valence-corrected chi connectivity index (χ4v) is 3.31. The number of hydrogen-bond acceptors (Lipinski definition) is 7. The number of halogens is 1. The highest BCUT2D eigenvalue weighted by Crippen LogP contribution is 2.41. The Labute approximate surface area is 126 Å². The van der Waals surface area contributed by atoms with Crippen LogP contribution in [0.15, 0.2) is 11.2 Å². The fraction of sp³-hybridized carbons (Fsp3) is 0.583. The third kappa shape index (κ3) is 2.29. The number of aromatic nitrogens is 2. The van der Waals surface area contributed by atoms with Gasteiger partial charge in [-0.1, -0.05) is 19.3 Å². The van der Waals surface area contributed by atoms with Gasteiger partial charge in [-0.3, -0.25) is 20.0 Å². The number of nitrogens with zero attached hydrogens (tertiary/aromatic N) is 5. The van der Waals surface area contributed by atoms with Gasteiger partial charge in [0.1, 0.15) is 6.20 Å². The molecule has 1 aromatic heterocycles. The second-order valence-corrected chi connectivity index (χ2v) is 5.74. The molecule has 0 aromatic carbocycles. The highest BCUT2D eigenvalue weighted by Gasteiger charge is 2.46. The van der Waals surface area contributed by atoms with Crippen LogP contribution < -0.4 is 10.6 Å². The van der Waals surface area contributed by atoms with Crippen molar-refractivity contribution in [3.63, 3.8) is 0 Å². The highest BCUT2D eigenvalue weighted by atomic mass is 35.5. The summed E-state index contributed by atoms with van der Waals surface area (Å²) in [4.78, 5) is 24.5. The molecule has 112 valence electrons. The van der Waals surface area contributed by atoms with E-state index >= 15 is 0 Å². The Bertz CT molecular complexity index is 614. The lowest BCUT2D eigenvalue weighted by Crippen LogP contribution is -2.53. The first kappa shape index (κ1) is 14.0. The zero-order valence-electron chi connectivity index (χ0n) is 11.3. The molecule has 3 rings (SSSR count). The van der Waals surface area contributed by atoms with Crippen molar-refractivity contribution in [1.82, 2.24) is 9.97 Å². The lowest BCUT2D eigenvalue weighted by molar-refractivity contribution is -0.384. The molecule has 1 aromatic rings. The van der Waals surface area contributed by atoms with Crippen LogP contribution in [0, 0.1) is 10.1 Å². The molecule has 8 nitrogen and oxygen atoms in total. The number of rotatable bonds is 2. The Kier molecular flexibility index (Phi) is 3.40. The minimum atomic E-state index is -0.520. The second-order valence-electron chi connectivity index (χ2n) is 5.40. The van der Waals surface area contributed by atoms with Gasteiger partial charge in [0, 0.05) is 0 Å². The Morgan fingerprint density at radius 3 is 2.76 bits per heavy atom. The Balaban J connectivity index is 2.10. The minimum Gasteiger partial charge on any atom is -0.369 e. The van der Waals surface area contributed by atoms with Crippen molar-refractivity contribution in [1.29, 1.82) is 0 Å². The first-order chi connectivity index (χ1) is 10.0. The van der Waals surface area contributed by atoms with Crippen molar-refractivity contribution >= 4 is 29.1 Å². The summed E-state index contributed by atoms with van der Waals surface area (Å²) < 4.78 is 0. The Morgan fingerprint density at radius 1 is 1.38 bits per heavy atom. The number of nitrogens with two attached hydrogens (primary N) is 1. The molecule has 1 aliphatic carbocycles. The third-order valence-corrected chi connectivity index (χ3v) is 4.33. The molecular formula is C12H15ClN6O2. The van der Waals surface area contributed by atoms with E-state index in [-0.39, 0.29) is 28.3 Å². The molecule has 0 unspecified atom stereocenters. The van der Waals surface area contributed by atoms with Crippen molar-refractivity contribution in [3.8, 4) is 0 Å². The van der Waals surface area contributed by atoms with Gasteiger partial charge in [0.15, 0.2) is 5.96 Å². The van der Waals surface area contributed by atoms with Gasteiger partial charge in [-0.05, 0) is 24.4 Å². The van der Waals surface area contributed by atoms with Gasteiger partial charge in [0.05, 0.1) is 17.0 Å². The summed E-state index contributed by atoms with van der Waals surface area (Å²) in [6.45, 7) is 0.539. The summed E-state index contributed by atoms with van der Waals surface area (Å²) in [7, 11) is 0. The number of guanidine groups is 1. The molecule has 1 aliphatic heterocycles. The van der Waals surface area contributed by atoms with Crippen LogP contribution in [0.5, 0.6) is 0 Å². The molecule has 1 saturated carbocycles. The number of aliphatic imine (C=N–C) groups is 1. The topological polar surface area (TPSA) is 111 Å². The van der Waals surface area contributed by atoms with Gasteiger partial charge in [0.25, 0.3) is 0 Å². The molecule has 1 fully saturated rings. The molecule has 2 heterocycles. The van der Waals surface area contributed by atoms with E-state index in [1.165, 1.54) is 0 Å². The number of nitro groups is 1. The van der Waals surface area contributed by atoms with Gasteiger partial charge < -0.3 is 5.73 Å². The molecule has 0 atom stereocenters. The van der Waals surface area contributed by atoms with Gasteiger partial charge in [-0.15, -0.1) is 0 Å². The average Bonchev–Trinajstić information content (AvgIpc) is 2.76. The van der Waals surface area contributed by atoms with Crippen LogP contribution >= 0.6 is 11.6 Å². The summed E-state index contributed by atoms with van der Waals surface area (Å²) in [6, 6.07) is 0. The van der Waals surface area contributed by atoms with E-state index in [1.807, 2.05) is 0 Å². The molecule has 9 heteroatoms. The maximum absolute atomic E-state index is 11.2. The molecular weight excluding hydrogens is 296 g/mol. The predicted octanol–water partition coefficient (Wildman–Crippen LogP) is 1.88. The quantitative estimate of drug-likeness (QED) is 0.507. The lowest BCUT2D eigenvalue weighted by Gasteiger charge is -2.40. The normalized spacial score (nSPS) is 20.6. The van der Waals surface area contributed by atoms with Crippen molar-refractivity contribution < 1.29 is 4.92 Å². The molecule has 0 bridgehead atoms. The van der Waals surface area contributed by atoms with E-state index in [1.54, 1.807) is 4.90 Å². The monoisotopic (exact) mass is 310 g/mol. The van der Waals surface area contributed by atoms with Crippen LogP contribution in [-0.4, -0.2) is 32.9 Å². The zero-order chi connectivity index (χ0) is 15.0. The molecule has 21 heavy (non-hydrogen) atoms. The fourth-order valence-electron chi connectivity index (χ4n) is 3.18. The van der Waals surface area contributed by atoms with Crippen LogP contribution in [-0.2, 0) is 0 Å². The maximum Gasteiger partial charge on any atom is 0.330 e. The maximum atomic E-state index is 11.2. The second kappa shape index (κ2) is 5.10. The first-order valence-corrected chi connectivity index (χ1v) is 7.18. The minimum absolute atomic E-state index is 0.0405. The largest absolute Gasteiger partial charge is 0.369 e. The van der Waals surface area contributed by atoms with Crippen LogP contribution in [0.4, 0.5) is 11.5 Å². The zero-order valence-corrected chi connectivity index (χ0v) is 12.1. The number of anilines is 1. The van der Waals surface area contributed by atoms with Gasteiger partial charge in [-0.25, -0.2) is 4.98 Å². The Hall–Kier alpha value is -1.96. The molecule has 0 radical (unpaired) electrons. The summed E-state index contributed by atoms with van der Waals surface area (Å²) in [5.41, 5.74) is 5.47. The first-order valence-electron chi connectivity index (χ1n) is 6.81. The van der Waals surface area contributed by atoms with E-state index in [0.29, 0.717) is 6.54 Å². The third-order valence-electron chi connectivity index (χ3n) is 4.15. The lowest BCUT2D eigenvalue weighted by atomic mass is 9.81. The smallest absolute Gasteiger partial charge is 0.330 e. The van der Waals surface area contributed by atoms with Crippen molar-refractivity contribution in [2.24, 2.45) is 10.7 Å². The van der Waals surface area contributed by atoms with Crippen molar-refractivity contribution in [3.05, 3.63) is 21.6 Å². The summed E-state index contributed by atoms with van der Waals surface area (Å²) in [6.07, 6.45) is 6.14. The van der Waals surface area contributed by atoms with E-state index < -0.39 is 4.92 Å². The van der Waals surface area contributed by atoms with Crippen LogP contribution in [0.3, 0.4) is 0 Å². The molecule has 0 amide bonds. The summed E-state index contributed by atoms with van der Waals surface area (Å²) in [5.74, 6) is 0.399. The molecule has 2 aliphatic rings. The molecule has 2 N–H and O–H groups in total. The van der Waals surface area contributed by atoms with Crippen molar-refractivity contribution in [2.45, 2.75) is 37.6 Å². The molecule has 1 spiro atoms. The molecule has 0 saturated heterocycles. The van der Waals surface area contributed by atoms with Crippen LogP contribution in [0.1, 0.15) is 32.1 Å². The van der Waals surface area contributed by atoms with E-state index in [0.717, 1.165) is 38.3 Å². The average molecular weight is 311 g/mol. The van der Waals surface area contributed by atoms with E-state index in [9.17, 15) is 10.1 Å². The van der Waals surface area contributed by atoms with Crippen molar-refractivity contribution in [2.75, 3.05) is 11.4 Å². The highest BCUT2D eigenvalue weighted by molar-refractivity contribution is 6.28. The number of hydrogen-bond donors (Lipinski definition) is 1. The Morgan fingerprint density at radius 2 is 2.10 bits per heavy atom. The predicted molar refractivity (Wildman–Crippen MR) is 78.5 cm³/mol. The van der Waals surface area contributed by atoms with Crippen LogP contribution in [0.2, 0.25) is 5.28 Å². The summed E-state index contributed by atoms with van der Waals surface area (Å²) in [5, 5.41) is 11.2. The van der Waals surface area contributed by atoms with Crippen LogP contribution in [0.25, 0.3) is 0 Å².